The van der Waals surface area contributed by atoms with E-state index in [0.717, 1.165) is 4.47 Å². The average molecular weight is 465 g/mol. The molecule has 1 aliphatic heterocycles. The van der Waals surface area contributed by atoms with E-state index in [0.29, 0.717) is 22.9 Å². The summed E-state index contributed by atoms with van der Waals surface area (Å²) in [5.74, 6) is -0.622. The van der Waals surface area contributed by atoms with Crippen molar-refractivity contribution in [3.63, 3.8) is 0 Å². The molecule has 3 rings (SSSR count). The smallest absolute Gasteiger partial charge is 0.286 e. The van der Waals surface area contributed by atoms with Crippen molar-refractivity contribution >= 4 is 39.3 Å². The largest absolute Gasteiger partial charge is 0.497 e. The molecular weight excluding hydrogens is 444 g/mol. The quantitative estimate of drug-likeness (QED) is 0.654. The van der Waals surface area contributed by atoms with Gasteiger partial charge >= 0.3 is 0 Å². The first-order valence-electron chi connectivity index (χ1n) is 8.78. The molecule has 0 saturated carbocycles. The number of aryl methyl sites for hydroxylation is 1. The lowest BCUT2D eigenvalue weighted by molar-refractivity contribution is -0.126. The first kappa shape index (κ1) is 20.7. The number of ether oxygens (including phenoxy) is 2. The molecule has 2 N–H and O–H groups in total. The Hall–Kier alpha value is -3.01. The molecule has 3 amide bonds. The Morgan fingerprint density at radius 3 is 2.55 bits per heavy atom. The summed E-state index contributed by atoms with van der Waals surface area (Å²) in [5.41, 5.74) is 5.73. The average Bonchev–Trinajstić information content (AvgIpc) is 3.26. The minimum atomic E-state index is -0.602. The zero-order chi connectivity index (χ0) is 21.1. The second-order valence-electron chi connectivity index (χ2n) is 6.54. The monoisotopic (exact) mass is 464 g/mol. The van der Waals surface area contributed by atoms with Gasteiger partial charge in [-0.1, -0.05) is 0 Å². The van der Waals surface area contributed by atoms with Crippen LogP contribution in [0.25, 0.3) is 0 Å². The Kier molecular flexibility index (Phi) is 6.12. The molecule has 1 aromatic heterocycles. The molecule has 9 nitrogen and oxygen atoms in total. The maximum absolute atomic E-state index is 12.5. The van der Waals surface area contributed by atoms with Crippen molar-refractivity contribution in [2.75, 3.05) is 25.7 Å². The van der Waals surface area contributed by atoms with E-state index < -0.39 is 17.7 Å². The summed E-state index contributed by atoms with van der Waals surface area (Å²) in [5, 5.41) is 0. The van der Waals surface area contributed by atoms with Gasteiger partial charge in [0.05, 0.1) is 25.8 Å². The summed E-state index contributed by atoms with van der Waals surface area (Å²) in [7, 11) is 4.76. The van der Waals surface area contributed by atoms with Crippen LogP contribution in [0.2, 0.25) is 0 Å². The lowest BCUT2D eigenvalue weighted by Crippen LogP contribution is -2.45. The van der Waals surface area contributed by atoms with E-state index >= 15 is 0 Å². The van der Waals surface area contributed by atoms with E-state index in [1.54, 1.807) is 42.1 Å². The third kappa shape index (κ3) is 4.37. The molecule has 154 valence electrons. The number of halogens is 1. The van der Waals surface area contributed by atoms with Crippen LogP contribution in [-0.2, 0) is 16.6 Å². The molecule has 1 unspecified atom stereocenters. The van der Waals surface area contributed by atoms with E-state index in [-0.39, 0.29) is 18.9 Å². The van der Waals surface area contributed by atoms with Crippen molar-refractivity contribution in [3.8, 4) is 11.5 Å². The van der Waals surface area contributed by atoms with Crippen LogP contribution < -0.4 is 25.2 Å². The van der Waals surface area contributed by atoms with E-state index in [1.165, 1.54) is 19.1 Å². The lowest BCUT2D eigenvalue weighted by Gasteiger charge is -2.20. The first-order chi connectivity index (χ1) is 13.8. The number of amides is 3. The molecule has 1 saturated heterocycles. The molecule has 1 aliphatic rings. The Labute approximate surface area is 176 Å². The van der Waals surface area contributed by atoms with Crippen molar-refractivity contribution in [1.29, 1.82) is 0 Å². The van der Waals surface area contributed by atoms with Gasteiger partial charge < -0.3 is 18.9 Å². The van der Waals surface area contributed by atoms with Crippen LogP contribution in [0.4, 0.5) is 5.69 Å². The predicted octanol–water partition coefficient (Wildman–Crippen LogP) is 1.62. The molecule has 0 radical (unpaired) electrons. The molecule has 0 bridgehead atoms. The Bertz CT molecular complexity index is 958. The second kappa shape index (κ2) is 8.56. The van der Waals surface area contributed by atoms with Crippen molar-refractivity contribution in [1.82, 2.24) is 15.4 Å². The van der Waals surface area contributed by atoms with E-state index in [2.05, 4.69) is 26.8 Å². The highest BCUT2D eigenvalue weighted by molar-refractivity contribution is 9.10. The van der Waals surface area contributed by atoms with E-state index in [9.17, 15) is 14.4 Å². The van der Waals surface area contributed by atoms with Gasteiger partial charge in [0, 0.05) is 36.7 Å². The van der Waals surface area contributed by atoms with Gasteiger partial charge in [-0.3, -0.25) is 25.2 Å². The summed E-state index contributed by atoms with van der Waals surface area (Å²) >= 11 is 3.29. The minimum absolute atomic E-state index is 0.0343. The highest BCUT2D eigenvalue weighted by atomic mass is 79.9. The summed E-state index contributed by atoms with van der Waals surface area (Å²) in [6.07, 6.45) is 1.76. The molecule has 1 atom stereocenters. The zero-order valence-corrected chi connectivity index (χ0v) is 17.8. The van der Waals surface area contributed by atoms with Crippen LogP contribution in [0.15, 0.2) is 34.9 Å². The van der Waals surface area contributed by atoms with Crippen LogP contribution in [0.3, 0.4) is 0 Å². The number of nitrogens with one attached hydrogen (secondary N) is 2. The van der Waals surface area contributed by atoms with Crippen LogP contribution in [0.1, 0.15) is 16.9 Å². The van der Waals surface area contributed by atoms with E-state index in [4.69, 9.17) is 9.47 Å². The number of hydrazine groups is 1. The molecule has 0 spiro atoms. The number of anilines is 1. The van der Waals surface area contributed by atoms with Gasteiger partial charge in [0.25, 0.3) is 5.91 Å². The number of aromatic nitrogens is 1. The van der Waals surface area contributed by atoms with E-state index in [1.807, 2.05) is 0 Å². The SMILES string of the molecule is COc1ccc(N2CC(C(=O)NNC(=O)c3cc(Br)cn3C)CC2=O)c(OC)c1. The summed E-state index contributed by atoms with van der Waals surface area (Å²) < 4.78 is 12.9. The second-order valence-corrected chi connectivity index (χ2v) is 7.46. The fraction of sp³-hybridized carbons (Fsp3) is 0.316. The predicted molar refractivity (Wildman–Crippen MR) is 109 cm³/mol. The van der Waals surface area contributed by atoms with Crippen molar-refractivity contribution < 1.29 is 23.9 Å². The van der Waals surface area contributed by atoms with Crippen molar-refractivity contribution in [2.24, 2.45) is 13.0 Å². The fourth-order valence-corrected chi connectivity index (χ4v) is 3.68. The molecule has 2 heterocycles. The van der Waals surface area contributed by atoms with Gasteiger partial charge in [0.15, 0.2) is 0 Å². The Balaban J connectivity index is 1.65. The number of hydrogen-bond donors (Lipinski definition) is 2. The van der Waals surface area contributed by atoms with Crippen LogP contribution >= 0.6 is 15.9 Å². The van der Waals surface area contributed by atoms with Crippen LogP contribution in [0, 0.1) is 5.92 Å². The number of hydrogen-bond acceptors (Lipinski definition) is 5. The Morgan fingerprint density at radius 1 is 1.17 bits per heavy atom. The minimum Gasteiger partial charge on any atom is -0.497 e. The van der Waals surface area contributed by atoms with Gasteiger partial charge in [-0.2, -0.15) is 0 Å². The summed E-state index contributed by atoms with van der Waals surface area (Å²) in [6, 6.07) is 6.74. The topological polar surface area (TPSA) is 102 Å². The number of rotatable bonds is 5. The fourth-order valence-electron chi connectivity index (χ4n) is 3.16. The number of methoxy groups -OCH3 is 2. The highest BCUT2D eigenvalue weighted by Gasteiger charge is 2.36. The summed E-state index contributed by atoms with van der Waals surface area (Å²) in [4.78, 5) is 38.7. The summed E-state index contributed by atoms with van der Waals surface area (Å²) in [6.45, 7) is 0.179. The third-order valence-corrected chi connectivity index (χ3v) is 5.11. The van der Waals surface area contributed by atoms with Gasteiger partial charge in [-0.05, 0) is 34.1 Å². The number of nitrogens with zero attached hydrogens (tertiary/aromatic N) is 2. The molecule has 10 heteroatoms. The number of carbonyl (C=O) groups is 3. The van der Waals surface area contributed by atoms with Crippen molar-refractivity contribution in [3.05, 3.63) is 40.6 Å². The molecule has 1 fully saturated rings. The normalized spacial score (nSPS) is 15.9. The number of carbonyl (C=O) groups excluding carboxylic acids is 3. The standard InChI is InChI=1S/C19H21BrN4O5/c1-23-10-12(20)7-15(23)19(27)22-21-18(26)11-6-17(25)24(9-11)14-5-4-13(28-2)8-16(14)29-3/h4-5,7-8,10-11H,6,9H2,1-3H3,(H,21,26)(H,22,27). The molecule has 1 aromatic carbocycles. The molecule has 29 heavy (non-hydrogen) atoms. The molecule has 0 aliphatic carbocycles. The van der Waals surface area contributed by atoms with Gasteiger partial charge in [0.2, 0.25) is 11.8 Å². The Morgan fingerprint density at radius 2 is 1.93 bits per heavy atom. The highest BCUT2D eigenvalue weighted by Crippen LogP contribution is 2.35. The maximum Gasteiger partial charge on any atom is 0.286 e. The van der Waals surface area contributed by atoms with Gasteiger partial charge in [-0.25, -0.2) is 0 Å². The number of benzene rings is 1. The van der Waals surface area contributed by atoms with Gasteiger partial charge in [-0.15, -0.1) is 0 Å². The van der Waals surface area contributed by atoms with Crippen molar-refractivity contribution in [2.45, 2.75) is 6.42 Å². The maximum atomic E-state index is 12.5. The first-order valence-corrected chi connectivity index (χ1v) is 9.57. The lowest BCUT2D eigenvalue weighted by atomic mass is 10.1. The van der Waals surface area contributed by atoms with Gasteiger partial charge in [0.1, 0.15) is 17.2 Å². The molecular formula is C19H21BrN4O5. The third-order valence-electron chi connectivity index (χ3n) is 4.68. The van der Waals surface area contributed by atoms with Crippen LogP contribution in [0.5, 0.6) is 11.5 Å². The van der Waals surface area contributed by atoms with Crippen LogP contribution in [-0.4, -0.2) is 43.1 Å². The molecule has 2 aromatic rings. The zero-order valence-electron chi connectivity index (χ0n) is 16.2.